The lowest BCUT2D eigenvalue weighted by Crippen LogP contribution is -2.45. The Kier molecular flexibility index (Phi) is 9.38. The van der Waals surface area contributed by atoms with Crippen molar-refractivity contribution in [3.05, 3.63) is 89.5 Å². The van der Waals surface area contributed by atoms with Gasteiger partial charge in [-0.3, -0.25) is 9.59 Å². The van der Waals surface area contributed by atoms with Crippen LogP contribution in [0.25, 0.3) is 0 Å². The highest BCUT2D eigenvalue weighted by molar-refractivity contribution is 5.86. The van der Waals surface area contributed by atoms with Crippen molar-refractivity contribution in [1.82, 2.24) is 20.2 Å². The number of aromatic nitrogens is 2. The van der Waals surface area contributed by atoms with Crippen LogP contribution >= 0.6 is 0 Å². The van der Waals surface area contributed by atoms with Gasteiger partial charge in [-0.1, -0.05) is 42.5 Å². The Hall–Kier alpha value is -3.96. The fraction of sp³-hybridized carbons (Fsp3) is 0.308. The van der Waals surface area contributed by atoms with Crippen molar-refractivity contribution in [3.8, 4) is 6.07 Å². The van der Waals surface area contributed by atoms with Crippen molar-refractivity contribution in [3.63, 3.8) is 0 Å². The van der Waals surface area contributed by atoms with Gasteiger partial charge in [0.1, 0.15) is 6.04 Å². The lowest BCUT2D eigenvalue weighted by atomic mass is 10.1. The molecule has 0 aliphatic rings. The summed E-state index contributed by atoms with van der Waals surface area (Å²) in [6.45, 7) is 2.12. The molecule has 0 spiro atoms. The van der Waals surface area contributed by atoms with Gasteiger partial charge in [0.05, 0.1) is 23.7 Å². The van der Waals surface area contributed by atoms with E-state index < -0.39 is 11.9 Å². The zero-order valence-corrected chi connectivity index (χ0v) is 19.1. The summed E-state index contributed by atoms with van der Waals surface area (Å²) in [7, 11) is 0. The molecular formula is C26H30N6O2. The molecule has 1 heterocycles. The summed E-state index contributed by atoms with van der Waals surface area (Å²) in [6.07, 6.45) is 5.90. The Labute approximate surface area is 199 Å². The monoisotopic (exact) mass is 458 g/mol. The van der Waals surface area contributed by atoms with Crippen molar-refractivity contribution in [2.45, 2.75) is 44.8 Å². The van der Waals surface area contributed by atoms with Gasteiger partial charge in [-0.15, -0.1) is 0 Å². The predicted octanol–water partition coefficient (Wildman–Crippen LogP) is 2.28. The molecule has 3 rings (SSSR count). The summed E-state index contributed by atoms with van der Waals surface area (Å²) in [5.74, 6) is -0.697. The summed E-state index contributed by atoms with van der Waals surface area (Å²) in [4.78, 5) is 28.2. The van der Waals surface area contributed by atoms with Crippen molar-refractivity contribution < 1.29 is 9.59 Å². The number of carbonyl (C=O) groups excluding carboxylic acids is 2. The van der Waals surface area contributed by atoms with Gasteiger partial charge in [-0.25, -0.2) is 4.98 Å². The van der Waals surface area contributed by atoms with Crippen molar-refractivity contribution in [1.29, 1.82) is 5.26 Å². The highest BCUT2D eigenvalue weighted by atomic mass is 16.2. The number of unbranched alkanes of at least 4 members (excludes halogenated alkanes) is 1. The standard InChI is InChI=1S/C26H30N6O2/c27-15-21-9-11-22(12-10-21)18-32-19-30-17-23(32)16-29-13-5-4-8-25(33)31-24(26(28)34)14-20-6-2-1-3-7-20/h1-3,6-7,9-12,17,19,24,29H,4-5,8,13-14,16,18H2,(H2,28,34)(H,31,33)/t24-/m0/s1. The zero-order chi connectivity index (χ0) is 24.2. The van der Waals surface area contributed by atoms with E-state index in [0.717, 1.165) is 29.8 Å². The predicted molar refractivity (Wildman–Crippen MR) is 129 cm³/mol. The van der Waals surface area contributed by atoms with Crippen LogP contribution in [-0.2, 0) is 29.1 Å². The number of hydrogen-bond acceptors (Lipinski definition) is 5. The molecule has 2 aromatic carbocycles. The van der Waals surface area contributed by atoms with E-state index in [1.54, 1.807) is 6.33 Å². The molecule has 0 bridgehead atoms. The number of nitriles is 1. The largest absolute Gasteiger partial charge is 0.368 e. The minimum absolute atomic E-state index is 0.166. The van der Waals surface area contributed by atoms with E-state index in [0.29, 0.717) is 37.9 Å². The van der Waals surface area contributed by atoms with Crippen LogP contribution in [-0.4, -0.2) is 34.0 Å². The minimum Gasteiger partial charge on any atom is -0.368 e. The maximum atomic E-state index is 12.3. The molecule has 0 radical (unpaired) electrons. The van der Waals surface area contributed by atoms with Crippen LogP contribution in [0.1, 0.15) is 41.6 Å². The molecule has 1 atom stereocenters. The highest BCUT2D eigenvalue weighted by Crippen LogP contribution is 2.09. The van der Waals surface area contributed by atoms with Crippen LogP contribution < -0.4 is 16.4 Å². The molecule has 0 fully saturated rings. The second-order valence-corrected chi connectivity index (χ2v) is 8.17. The molecular weight excluding hydrogens is 428 g/mol. The van der Waals surface area contributed by atoms with Crippen molar-refractivity contribution >= 4 is 11.8 Å². The van der Waals surface area contributed by atoms with Crippen LogP contribution in [0, 0.1) is 11.3 Å². The van der Waals surface area contributed by atoms with Crippen LogP contribution in [0.4, 0.5) is 0 Å². The second kappa shape index (κ2) is 12.9. The second-order valence-electron chi connectivity index (χ2n) is 8.17. The Morgan fingerprint density at radius 3 is 2.53 bits per heavy atom. The number of primary amides is 1. The quantitative estimate of drug-likeness (QED) is 0.339. The average Bonchev–Trinajstić information content (AvgIpc) is 3.28. The van der Waals surface area contributed by atoms with Gasteiger partial charge in [-0.05, 0) is 42.6 Å². The van der Waals surface area contributed by atoms with Crippen LogP contribution in [0.2, 0.25) is 0 Å². The maximum Gasteiger partial charge on any atom is 0.240 e. The Balaban J connectivity index is 1.34. The van der Waals surface area contributed by atoms with E-state index in [1.165, 1.54) is 0 Å². The third-order valence-electron chi connectivity index (χ3n) is 5.51. The van der Waals surface area contributed by atoms with Crippen LogP contribution in [0.3, 0.4) is 0 Å². The van der Waals surface area contributed by atoms with Crippen LogP contribution in [0.15, 0.2) is 67.1 Å². The molecule has 176 valence electrons. The van der Waals surface area contributed by atoms with Gasteiger partial charge in [0.2, 0.25) is 11.8 Å². The Morgan fingerprint density at radius 1 is 1.06 bits per heavy atom. The molecule has 3 aromatic rings. The Bertz CT molecular complexity index is 1100. The summed E-state index contributed by atoms with van der Waals surface area (Å²) in [5.41, 5.74) is 9.23. The summed E-state index contributed by atoms with van der Waals surface area (Å²) in [5, 5.41) is 15.1. The van der Waals surface area contributed by atoms with Gasteiger partial charge in [0.25, 0.3) is 0 Å². The topological polar surface area (TPSA) is 126 Å². The lowest BCUT2D eigenvalue weighted by Gasteiger charge is -2.15. The molecule has 8 nitrogen and oxygen atoms in total. The zero-order valence-electron chi connectivity index (χ0n) is 19.1. The fourth-order valence-corrected chi connectivity index (χ4v) is 3.61. The van der Waals surface area contributed by atoms with Gasteiger partial charge < -0.3 is 20.9 Å². The molecule has 0 saturated heterocycles. The van der Waals surface area contributed by atoms with Crippen molar-refractivity contribution in [2.75, 3.05) is 6.54 Å². The first-order valence-electron chi connectivity index (χ1n) is 11.4. The number of benzene rings is 2. The van der Waals surface area contributed by atoms with Crippen molar-refractivity contribution in [2.24, 2.45) is 5.73 Å². The molecule has 2 amide bonds. The van der Waals surface area contributed by atoms with Gasteiger partial charge in [0, 0.05) is 32.1 Å². The number of imidazole rings is 1. The molecule has 4 N–H and O–H groups in total. The third kappa shape index (κ3) is 7.87. The normalized spacial score (nSPS) is 11.5. The highest BCUT2D eigenvalue weighted by Gasteiger charge is 2.18. The number of rotatable bonds is 13. The molecule has 0 unspecified atom stereocenters. The van der Waals surface area contributed by atoms with E-state index >= 15 is 0 Å². The van der Waals surface area contributed by atoms with Gasteiger partial charge in [-0.2, -0.15) is 5.26 Å². The fourth-order valence-electron chi connectivity index (χ4n) is 3.61. The van der Waals surface area contributed by atoms with E-state index in [2.05, 4.69) is 26.3 Å². The number of nitrogens with zero attached hydrogens (tertiary/aromatic N) is 3. The van der Waals surface area contributed by atoms with E-state index in [4.69, 9.17) is 11.0 Å². The van der Waals surface area contributed by atoms with E-state index in [-0.39, 0.29) is 5.91 Å². The summed E-state index contributed by atoms with van der Waals surface area (Å²) < 4.78 is 2.07. The molecule has 8 heteroatoms. The Morgan fingerprint density at radius 2 is 1.82 bits per heavy atom. The smallest absolute Gasteiger partial charge is 0.240 e. The number of nitrogens with one attached hydrogen (secondary N) is 2. The van der Waals surface area contributed by atoms with E-state index in [9.17, 15) is 9.59 Å². The van der Waals surface area contributed by atoms with Gasteiger partial charge in [0.15, 0.2) is 0 Å². The SMILES string of the molecule is N#Cc1ccc(Cn2cncc2CNCCCCC(=O)N[C@@H](Cc2ccccc2)C(N)=O)cc1. The summed E-state index contributed by atoms with van der Waals surface area (Å²) in [6, 6.07) is 18.4. The minimum atomic E-state index is -0.704. The lowest BCUT2D eigenvalue weighted by molar-refractivity contribution is -0.127. The number of amides is 2. The first-order valence-corrected chi connectivity index (χ1v) is 11.4. The number of carbonyl (C=O) groups is 2. The molecule has 0 saturated carbocycles. The first kappa shape index (κ1) is 24.7. The van der Waals surface area contributed by atoms with Crippen LogP contribution in [0.5, 0.6) is 0 Å². The maximum absolute atomic E-state index is 12.3. The first-order chi connectivity index (χ1) is 16.5. The third-order valence-corrected chi connectivity index (χ3v) is 5.51. The average molecular weight is 459 g/mol. The molecule has 0 aliphatic carbocycles. The molecule has 1 aromatic heterocycles. The van der Waals surface area contributed by atoms with Gasteiger partial charge >= 0.3 is 0 Å². The molecule has 0 aliphatic heterocycles. The molecule has 34 heavy (non-hydrogen) atoms. The summed E-state index contributed by atoms with van der Waals surface area (Å²) >= 11 is 0. The van der Waals surface area contributed by atoms with E-state index in [1.807, 2.05) is 60.8 Å². The number of nitrogens with two attached hydrogens (primary N) is 1. The number of hydrogen-bond donors (Lipinski definition) is 3.